The third-order valence-corrected chi connectivity index (χ3v) is 5.77. The van der Waals surface area contributed by atoms with Gasteiger partial charge in [-0.05, 0) is 88.6 Å². The summed E-state index contributed by atoms with van der Waals surface area (Å²) in [5, 5.41) is 7.23. The molecule has 0 aliphatic heterocycles. The number of carbonyl (C=O) groups is 1. The molecular weight excluding hydrogens is 416 g/mol. The molecule has 2 aromatic carbocycles. The van der Waals surface area contributed by atoms with Crippen molar-refractivity contribution in [3.05, 3.63) is 75.6 Å². The Kier molecular flexibility index (Phi) is 7.53. The van der Waals surface area contributed by atoms with Crippen molar-refractivity contribution in [2.24, 2.45) is 0 Å². The summed E-state index contributed by atoms with van der Waals surface area (Å²) in [6, 6.07) is 14.5. The highest BCUT2D eigenvalue weighted by atomic mass is 16.5. The maximum atomic E-state index is 12.8. The Balaban J connectivity index is 1.74. The van der Waals surface area contributed by atoms with Gasteiger partial charge < -0.3 is 15.0 Å². The number of benzene rings is 2. The standard InChI is InChI=1S/C26H32N4O3/c1-7-29(8-2)21-11-12-23(19(5)16-21)27-26(32)20(6)33-24-13-14-25(31)30(28-24)22-10-9-17(3)18(4)15-22/h9-16,20H,7-8H2,1-6H3,(H,27,32)/t20-/m0/s1. The molecule has 1 N–H and O–H groups in total. The van der Waals surface area contributed by atoms with Crippen LogP contribution < -0.4 is 20.5 Å². The van der Waals surface area contributed by atoms with Gasteiger partial charge in [-0.15, -0.1) is 5.10 Å². The van der Waals surface area contributed by atoms with Crippen LogP contribution in [0.1, 0.15) is 37.5 Å². The fourth-order valence-electron chi connectivity index (χ4n) is 3.54. The Bertz CT molecular complexity index is 1200. The van der Waals surface area contributed by atoms with Crippen molar-refractivity contribution < 1.29 is 9.53 Å². The second-order valence-electron chi connectivity index (χ2n) is 8.11. The van der Waals surface area contributed by atoms with Crippen LogP contribution in [0.3, 0.4) is 0 Å². The molecule has 1 amide bonds. The van der Waals surface area contributed by atoms with E-state index in [1.165, 1.54) is 16.8 Å². The van der Waals surface area contributed by atoms with Gasteiger partial charge in [0.2, 0.25) is 5.88 Å². The number of nitrogens with zero attached hydrogens (tertiary/aromatic N) is 3. The van der Waals surface area contributed by atoms with Crippen LogP contribution in [0.25, 0.3) is 5.69 Å². The van der Waals surface area contributed by atoms with Gasteiger partial charge in [0.1, 0.15) is 0 Å². The quantitative estimate of drug-likeness (QED) is 0.552. The molecule has 0 saturated heterocycles. The van der Waals surface area contributed by atoms with Crippen molar-refractivity contribution in [2.45, 2.75) is 47.6 Å². The first-order valence-corrected chi connectivity index (χ1v) is 11.2. The number of carbonyl (C=O) groups excluding carboxylic acids is 1. The molecule has 0 bridgehead atoms. The van der Waals surface area contributed by atoms with E-state index in [-0.39, 0.29) is 17.3 Å². The molecule has 0 saturated carbocycles. The second kappa shape index (κ2) is 10.3. The van der Waals surface area contributed by atoms with E-state index in [1.54, 1.807) is 6.92 Å². The molecule has 0 aliphatic rings. The average Bonchev–Trinajstić information content (AvgIpc) is 2.79. The zero-order valence-electron chi connectivity index (χ0n) is 20.2. The summed E-state index contributed by atoms with van der Waals surface area (Å²) in [7, 11) is 0. The van der Waals surface area contributed by atoms with E-state index >= 15 is 0 Å². The number of amides is 1. The minimum absolute atomic E-state index is 0.198. The molecule has 0 unspecified atom stereocenters. The molecule has 7 heteroatoms. The zero-order chi connectivity index (χ0) is 24.1. The molecule has 0 fully saturated rings. The van der Waals surface area contributed by atoms with Crippen molar-refractivity contribution in [1.82, 2.24) is 9.78 Å². The average molecular weight is 449 g/mol. The van der Waals surface area contributed by atoms with E-state index in [0.29, 0.717) is 5.69 Å². The first-order valence-electron chi connectivity index (χ1n) is 11.2. The Labute approximate surface area is 195 Å². The smallest absolute Gasteiger partial charge is 0.271 e. The third kappa shape index (κ3) is 5.61. The molecular formula is C26H32N4O3. The number of aromatic nitrogens is 2. The highest BCUT2D eigenvalue weighted by Gasteiger charge is 2.18. The Hall–Kier alpha value is -3.61. The molecule has 0 spiro atoms. The molecule has 33 heavy (non-hydrogen) atoms. The van der Waals surface area contributed by atoms with E-state index in [2.05, 4.69) is 35.2 Å². The van der Waals surface area contributed by atoms with Crippen molar-refractivity contribution in [2.75, 3.05) is 23.3 Å². The van der Waals surface area contributed by atoms with Crippen LogP contribution in [0.2, 0.25) is 0 Å². The number of anilines is 2. The fraction of sp³-hybridized carbons (Fsp3) is 0.346. The summed E-state index contributed by atoms with van der Waals surface area (Å²) < 4.78 is 7.05. The number of hydrogen-bond acceptors (Lipinski definition) is 5. The lowest BCUT2D eigenvalue weighted by atomic mass is 10.1. The molecule has 0 radical (unpaired) electrons. The van der Waals surface area contributed by atoms with Crippen molar-refractivity contribution >= 4 is 17.3 Å². The summed E-state index contributed by atoms with van der Waals surface area (Å²) in [6.45, 7) is 13.7. The first-order chi connectivity index (χ1) is 15.7. The van der Waals surface area contributed by atoms with Gasteiger partial charge in [-0.25, -0.2) is 0 Å². The SMILES string of the molecule is CCN(CC)c1ccc(NC(=O)[C@H](C)Oc2ccc(=O)n(-c3ccc(C)c(C)c3)n2)c(C)c1. The highest BCUT2D eigenvalue weighted by molar-refractivity contribution is 5.95. The van der Waals surface area contributed by atoms with Crippen LogP contribution in [-0.2, 0) is 4.79 Å². The molecule has 3 rings (SSSR count). The second-order valence-corrected chi connectivity index (χ2v) is 8.11. The Morgan fingerprint density at radius 2 is 1.73 bits per heavy atom. The van der Waals surface area contributed by atoms with Crippen LogP contribution >= 0.6 is 0 Å². The van der Waals surface area contributed by atoms with Crippen molar-refractivity contribution in [1.29, 1.82) is 0 Å². The van der Waals surface area contributed by atoms with E-state index < -0.39 is 6.10 Å². The van der Waals surface area contributed by atoms with Crippen LogP contribution in [0.4, 0.5) is 11.4 Å². The molecule has 0 aliphatic carbocycles. The molecule has 1 aromatic heterocycles. The number of aryl methyl sites for hydroxylation is 3. The summed E-state index contributed by atoms with van der Waals surface area (Å²) in [4.78, 5) is 27.4. The summed E-state index contributed by atoms with van der Waals surface area (Å²) in [5.41, 5.74) is 5.40. The lowest BCUT2D eigenvalue weighted by molar-refractivity contribution is -0.122. The van der Waals surface area contributed by atoms with E-state index in [4.69, 9.17) is 4.74 Å². The molecule has 1 heterocycles. The van der Waals surface area contributed by atoms with Crippen molar-refractivity contribution in [3.63, 3.8) is 0 Å². The molecule has 1 atom stereocenters. The maximum absolute atomic E-state index is 12.8. The predicted octanol–water partition coefficient (Wildman–Crippen LogP) is 4.41. The zero-order valence-corrected chi connectivity index (χ0v) is 20.2. The van der Waals surface area contributed by atoms with Gasteiger partial charge in [0.15, 0.2) is 6.10 Å². The monoisotopic (exact) mass is 448 g/mol. The summed E-state index contributed by atoms with van der Waals surface area (Å²) in [5.74, 6) is -0.0940. The van der Waals surface area contributed by atoms with Crippen LogP contribution in [0.5, 0.6) is 5.88 Å². The highest BCUT2D eigenvalue weighted by Crippen LogP contribution is 2.23. The third-order valence-electron chi connectivity index (χ3n) is 5.77. The lowest BCUT2D eigenvalue weighted by Crippen LogP contribution is -2.31. The molecule has 3 aromatic rings. The Morgan fingerprint density at radius 1 is 1.00 bits per heavy atom. The summed E-state index contributed by atoms with van der Waals surface area (Å²) in [6.07, 6.45) is -0.801. The van der Waals surface area contributed by atoms with Crippen LogP contribution in [0.15, 0.2) is 53.3 Å². The number of rotatable bonds is 8. The predicted molar refractivity (Wildman–Crippen MR) is 133 cm³/mol. The first kappa shape index (κ1) is 24.0. The van der Waals surface area contributed by atoms with E-state index in [9.17, 15) is 9.59 Å². The largest absolute Gasteiger partial charge is 0.463 e. The molecule has 7 nitrogen and oxygen atoms in total. The van der Waals surface area contributed by atoms with Gasteiger partial charge in [0.25, 0.3) is 11.5 Å². The summed E-state index contributed by atoms with van der Waals surface area (Å²) >= 11 is 0. The van der Waals surface area contributed by atoms with Gasteiger partial charge in [0.05, 0.1) is 5.69 Å². The fourth-order valence-corrected chi connectivity index (χ4v) is 3.54. The van der Waals surface area contributed by atoms with Gasteiger partial charge in [-0.3, -0.25) is 9.59 Å². The topological polar surface area (TPSA) is 76.5 Å². The van der Waals surface area contributed by atoms with Crippen molar-refractivity contribution in [3.8, 4) is 11.6 Å². The normalized spacial score (nSPS) is 11.7. The van der Waals surface area contributed by atoms with Gasteiger partial charge in [-0.2, -0.15) is 4.68 Å². The lowest BCUT2D eigenvalue weighted by Gasteiger charge is -2.22. The minimum Gasteiger partial charge on any atom is -0.463 e. The number of ether oxygens (including phenoxy) is 1. The van der Waals surface area contributed by atoms with Gasteiger partial charge in [0, 0.05) is 36.6 Å². The molecule has 174 valence electrons. The number of hydrogen-bond donors (Lipinski definition) is 1. The minimum atomic E-state index is -0.801. The van der Waals surface area contributed by atoms with Gasteiger partial charge >= 0.3 is 0 Å². The maximum Gasteiger partial charge on any atom is 0.271 e. The Morgan fingerprint density at radius 3 is 2.36 bits per heavy atom. The van der Waals surface area contributed by atoms with E-state index in [0.717, 1.165) is 41.2 Å². The van der Waals surface area contributed by atoms with E-state index in [1.807, 2.05) is 51.1 Å². The number of nitrogens with one attached hydrogen (secondary N) is 1. The van der Waals surface area contributed by atoms with Gasteiger partial charge in [-0.1, -0.05) is 6.07 Å². The van der Waals surface area contributed by atoms with Crippen LogP contribution in [0, 0.1) is 20.8 Å². The van der Waals surface area contributed by atoms with Crippen LogP contribution in [-0.4, -0.2) is 34.9 Å².